The molecule has 1 aliphatic heterocycles. The van der Waals surface area contributed by atoms with Gasteiger partial charge in [0.1, 0.15) is 0 Å². The summed E-state index contributed by atoms with van der Waals surface area (Å²) in [5.74, 6) is -0.369. The molecule has 0 spiro atoms. The van der Waals surface area contributed by atoms with Gasteiger partial charge in [0.05, 0.1) is 22.6 Å². The topological polar surface area (TPSA) is 109 Å². The van der Waals surface area contributed by atoms with Crippen molar-refractivity contribution in [1.29, 1.82) is 0 Å². The van der Waals surface area contributed by atoms with E-state index < -0.39 is 0 Å². The number of hydrogen-bond acceptors (Lipinski definition) is 5. The first-order valence-electron chi connectivity index (χ1n) is 7.52. The molecule has 3 rings (SSSR count). The van der Waals surface area contributed by atoms with Crippen molar-refractivity contribution in [1.82, 2.24) is 10.4 Å². The smallest absolute Gasteiger partial charge is 0.257 e. The largest absolute Gasteiger partial charge is 0.397 e. The van der Waals surface area contributed by atoms with Crippen LogP contribution in [0, 0.1) is 5.92 Å². The van der Waals surface area contributed by atoms with Gasteiger partial charge in [-0.3, -0.25) is 14.6 Å². The van der Waals surface area contributed by atoms with E-state index in [4.69, 9.17) is 5.73 Å². The molecule has 1 unspecified atom stereocenters. The molecule has 2 aromatic rings. The van der Waals surface area contributed by atoms with Crippen LogP contribution in [-0.4, -0.2) is 22.5 Å². The summed E-state index contributed by atoms with van der Waals surface area (Å²) >= 11 is 0. The van der Waals surface area contributed by atoms with E-state index in [-0.39, 0.29) is 17.7 Å². The maximum atomic E-state index is 12.2. The second-order valence-corrected chi connectivity index (χ2v) is 5.64. The first-order valence-corrected chi connectivity index (χ1v) is 7.52. The molecule has 0 fully saturated rings. The standard InChI is InChI=1S/C17H17N5O2/c1-10-7-15(23)21-22-16(10)11-4-5-14(13(18)8-11)20-17(24)12-3-2-6-19-9-12/h2-6,8-10H,7,18H2,1H3,(H,20,24)(H,21,23). The molecule has 2 amide bonds. The Morgan fingerprint density at radius 3 is 2.88 bits per heavy atom. The maximum Gasteiger partial charge on any atom is 0.257 e. The number of pyridine rings is 1. The first kappa shape index (κ1) is 15.7. The number of nitrogens with one attached hydrogen (secondary N) is 2. The highest BCUT2D eigenvalue weighted by atomic mass is 16.2. The highest BCUT2D eigenvalue weighted by Crippen LogP contribution is 2.24. The van der Waals surface area contributed by atoms with Crippen molar-refractivity contribution in [2.24, 2.45) is 11.0 Å². The number of anilines is 2. The fraction of sp³-hybridized carbons (Fsp3) is 0.176. The van der Waals surface area contributed by atoms with E-state index in [9.17, 15) is 9.59 Å². The number of nitrogens with two attached hydrogens (primary N) is 1. The molecule has 0 saturated heterocycles. The van der Waals surface area contributed by atoms with Gasteiger partial charge in [0.25, 0.3) is 5.91 Å². The number of aromatic nitrogens is 1. The molecular formula is C17H17N5O2. The van der Waals surface area contributed by atoms with Gasteiger partial charge in [-0.1, -0.05) is 13.0 Å². The number of hydrogen-bond donors (Lipinski definition) is 3. The lowest BCUT2D eigenvalue weighted by Crippen LogP contribution is -2.32. The summed E-state index contributed by atoms with van der Waals surface area (Å²) in [4.78, 5) is 27.4. The monoisotopic (exact) mass is 323 g/mol. The molecule has 1 aliphatic rings. The number of benzene rings is 1. The molecular weight excluding hydrogens is 306 g/mol. The lowest BCUT2D eigenvalue weighted by molar-refractivity contribution is -0.121. The highest BCUT2D eigenvalue weighted by molar-refractivity contribution is 6.08. The van der Waals surface area contributed by atoms with Crippen molar-refractivity contribution in [3.63, 3.8) is 0 Å². The Kier molecular flexibility index (Phi) is 4.24. The van der Waals surface area contributed by atoms with Crippen molar-refractivity contribution in [3.8, 4) is 0 Å². The minimum atomic E-state index is -0.279. The van der Waals surface area contributed by atoms with Gasteiger partial charge in [-0.25, -0.2) is 5.43 Å². The van der Waals surface area contributed by atoms with Crippen molar-refractivity contribution >= 4 is 28.9 Å². The normalized spacial score (nSPS) is 17.0. The van der Waals surface area contributed by atoms with E-state index in [0.29, 0.717) is 23.4 Å². The predicted octanol–water partition coefficient (Wildman–Crippen LogP) is 1.78. The molecule has 24 heavy (non-hydrogen) atoms. The SMILES string of the molecule is CC1CC(=O)NN=C1c1ccc(NC(=O)c2cccnc2)c(N)c1. The van der Waals surface area contributed by atoms with E-state index in [2.05, 4.69) is 20.8 Å². The molecule has 0 bridgehead atoms. The summed E-state index contributed by atoms with van der Waals surface area (Å²) in [7, 11) is 0. The second-order valence-electron chi connectivity index (χ2n) is 5.64. The fourth-order valence-electron chi connectivity index (χ4n) is 2.53. The Hall–Kier alpha value is -3.22. The zero-order valence-corrected chi connectivity index (χ0v) is 13.1. The van der Waals surface area contributed by atoms with Crippen LogP contribution in [0.3, 0.4) is 0 Å². The predicted molar refractivity (Wildman–Crippen MR) is 91.5 cm³/mol. The molecule has 7 nitrogen and oxygen atoms in total. The number of amides is 2. The average molecular weight is 323 g/mol. The van der Waals surface area contributed by atoms with Gasteiger partial charge < -0.3 is 11.1 Å². The van der Waals surface area contributed by atoms with Gasteiger partial charge in [0.2, 0.25) is 5.91 Å². The van der Waals surface area contributed by atoms with Crippen LogP contribution in [0.2, 0.25) is 0 Å². The minimum absolute atomic E-state index is 0.00832. The molecule has 1 aromatic heterocycles. The van der Waals surface area contributed by atoms with Gasteiger partial charge in [-0.15, -0.1) is 0 Å². The van der Waals surface area contributed by atoms with Crippen molar-refractivity contribution in [3.05, 3.63) is 53.9 Å². The van der Waals surface area contributed by atoms with Crippen LogP contribution in [0.25, 0.3) is 0 Å². The maximum absolute atomic E-state index is 12.2. The molecule has 0 aliphatic carbocycles. The minimum Gasteiger partial charge on any atom is -0.397 e. The third-order valence-electron chi connectivity index (χ3n) is 3.78. The average Bonchev–Trinajstić information content (AvgIpc) is 2.57. The Morgan fingerprint density at radius 1 is 1.38 bits per heavy atom. The van der Waals surface area contributed by atoms with Gasteiger partial charge >= 0.3 is 0 Å². The summed E-state index contributed by atoms with van der Waals surface area (Å²) in [5, 5.41) is 6.87. The zero-order valence-electron chi connectivity index (χ0n) is 13.1. The van der Waals surface area contributed by atoms with Crippen molar-refractivity contribution in [2.75, 3.05) is 11.1 Å². The van der Waals surface area contributed by atoms with E-state index in [1.807, 2.05) is 13.0 Å². The summed E-state index contributed by atoms with van der Waals surface area (Å²) in [6.07, 6.45) is 3.48. The van der Waals surface area contributed by atoms with Gasteiger partial charge in [0.15, 0.2) is 0 Å². The quantitative estimate of drug-likeness (QED) is 0.748. The summed E-state index contributed by atoms with van der Waals surface area (Å²) in [6.45, 7) is 1.94. The molecule has 1 aromatic carbocycles. The highest BCUT2D eigenvalue weighted by Gasteiger charge is 2.22. The van der Waals surface area contributed by atoms with Gasteiger partial charge in [-0.2, -0.15) is 5.10 Å². The van der Waals surface area contributed by atoms with Crippen LogP contribution in [0.5, 0.6) is 0 Å². The van der Waals surface area contributed by atoms with E-state index in [1.165, 1.54) is 6.20 Å². The Balaban J connectivity index is 1.80. The summed E-state index contributed by atoms with van der Waals surface area (Å²) in [5.41, 5.74) is 11.5. The number of hydrazone groups is 1. The van der Waals surface area contributed by atoms with Crippen LogP contribution < -0.4 is 16.5 Å². The van der Waals surface area contributed by atoms with Crippen LogP contribution in [0.4, 0.5) is 11.4 Å². The molecule has 1 atom stereocenters. The number of nitrogens with zero attached hydrogens (tertiary/aromatic N) is 2. The Bertz CT molecular complexity index is 817. The second kappa shape index (κ2) is 6.49. The molecule has 0 radical (unpaired) electrons. The van der Waals surface area contributed by atoms with Crippen LogP contribution in [-0.2, 0) is 4.79 Å². The lowest BCUT2D eigenvalue weighted by atomic mass is 9.93. The van der Waals surface area contributed by atoms with Crippen LogP contribution in [0.1, 0.15) is 29.3 Å². The van der Waals surface area contributed by atoms with Crippen LogP contribution in [0.15, 0.2) is 47.8 Å². The molecule has 2 heterocycles. The molecule has 7 heteroatoms. The van der Waals surface area contributed by atoms with Gasteiger partial charge in [-0.05, 0) is 24.3 Å². The number of carbonyl (C=O) groups excluding carboxylic acids is 2. The Morgan fingerprint density at radius 2 is 2.21 bits per heavy atom. The molecule has 0 saturated carbocycles. The van der Waals surface area contributed by atoms with E-state index in [0.717, 1.165) is 11.3 Å². The fourth-order valence-corrected chi connectivity index (χ4v) is 2.53. The Labute approximate surface area is 139 Å². The molecule has 122 valence electrons. The van der Waals surface area contributed by atoms with Crippen LogP contribution >= 0.6 is 0 Å². The summed E-state index contributed by atoms with van der Waals surface area (Å²) < 4.78 is 0. The van der Waals surface area contributed by atoms with E-state index >= 15 is 0 Å². The number of rotatable bonds is 3. The number of nitrogen functional groups attached to an aromatic ring is 1. The lowest BCUT2D eigenvalue weighted by Gasteiger charge is -2.20. The molecule has 4 N–H and O–H groups in total. The summed E-state index contributed by atoms with van der Waals surface area (Å²) in [6, 6.07) is 8.66. The first-order chi connectivity index (χ1) is 11.5. The number of carbonyl (C=O) groups is 2. The van der Waals surface area contributed by atoms with Crippen molar-refractivity contribution in [2.45, 2.75) is 13.3 Å². The third-order valence-corrected chi connectivity index (χ3v) is 3.78. The van der Waals surface area contributed by atoms with Crippen molar-refractivity contribution < 1.29 is 9.59 Å². The third kappa shape index (κ3) is 3.24. The van der Waals surface area contributed by atoms with Gasteiger partial charge in [0, 0.05) is 30.3 Å². The zero-order chi connectivity index (χ0) is 17.1. The van der Waals surface area contributed by atoms with E-state index in [1.54, 1.807) is 30.5 Å².